The van der Waals surface area contributed by atoms with Gasteiger partial charge in [0.2, 0.25) is 0 Å². The highest BCUT2D eigenvalue weighted by Crippen LogP contribution is 2.55. The largest absolute Gasteiger partial charge is 0.325 e. The maximum atomic E-state index is 12.3. The summed E-state index contributed by atoms with van der Waals surface area (Å²) in [6.07, 6.45) is 9.55. The van der Waals surface area contributed by atoms with E-state index in [1.165, 1.54) is 17.1 Å². The Bertz CT molecular complexity index is 1550. The Morgan fingerprint density at radius 1 is 1.03 bits per heavy atom. The molecular weight excluding hydrogens is 380 g/mol. The molecule has 1 fully saturated rings. The van der Waals surface area contributed by atoms with Gasteiger partial charge in [-0.05, 0) is 41.3 Å². The van der Waals surface area contributed by atoms with E-state index in [9.17, 15) is 9.59 Å². The molecule has 0 radical (unpaired) electrons. The molecule has 0 bridgehead atoms. The van der Waals surface area contributed by atoms with Gasteiger partial charge in [-0.15, -0.1) is 0 Å². The van der Waals surface area contributed by atoms with Crippen molar-refractivity contribution < 1.29 is 0 Å². The monoisotopic (exact) mass is 396 g/mol. The second kappa shape index (κ2) is 6.21. The molecule has 0 spiro atoms. The van der Waals surface area contributed by atoms with Crippen molar-refractivity contribution in [2.75, 3.05) is 0 Å². The zero-order chi connectivity index (χ0) is 20.2. The number of nitrogens with zero attached hydrogens (tertiary/aromatic N) is 4. The molecule has 2 atom stereocenters. The van der Waals surface area contributed by atoms with E-state index in [0.717, 1.165) is 23.0 Å². The third kappa shape index (κ3) is 2.65. The molecule has 1 aliphatic rings. The van der Waals surface area contributed by atoms with Gasteiger partial charge in [0.25, 0.3) is 5.56 Å². The van der Waals surface area contributed by atoms with E-state index < -0.39 is 11.2 Å². The van der Waals surface area contributed by atoms with E-state index in [1.54, 1.807) is 23.1 Å². The van der Waals surface area contributed by atoms with Crippen molar-refractivity contribution in [3.63, 3.8) is 0 Å². The average molecular weight is 396 g/mol. The Morgan fingerprint density at radius 2 is 1.97 bits per heavy atom. The predicted molar refractivity (Wildman–Crippen MR) is 112 cm³/mol. The average Bonchev–Trinajstić information content (AvgIpc) is 3.41. The van der Waals surface area contributed by atoms with Gasteiger partial charge >= 0.3 is 5.69 Å². The molecule has 1 aliphatic carbocycles. The fourth-order valence-corrected chi connectivity index (χ4v) is 4.19. The van der Waals surface area contributed by atoms with Crippen LogP contribution in [0.1, 0.15) is 29.4 Å². The van der Waals surface area contributed by atoms with Gasteiger partial charge in [-0.3, -0.25) is 14.8 Å². The topological polar surface area (TPSA) is 109 Å². The number of fused-ring (bicyclic) bond motifs is 2. The van der Waals surface area contributed by atoms with E-state index in [0.29, 0.717) is 17.2 Å². The summed E-state index contributed by atoms with van der Waals surface area (Å²) in [7, 11) is 0. The molecule has 30 heavy (non-hydrogen) atoms. The van der Waals surface area contributed by atoms with Crippen molar-refractivity contribution >= 4 is 16.4 Å². The number of hydrogen-bond acceptors (Lipinski definition) is 5. The van der Waals surface area contributed by atoms with Crippen molar-refractivity contribution in [2.24, 2.45) is 0 Å². The number of nitrogens with one attached hydrogen (secondary N) is 2. The van der Waals surface area contributed by atoms with E-state index in [4.69, 9.17) is 0 Å². The van der Waals surface area contributed by atoms with Crippen LogP contribution in [-0.4, -0.2) is 29.5 Å². The standard InChI is InChI=1S/C22H16N6O2/c29-21-18(11-25-22(30)26-21)19-9-17(20-24-5-6-28(20)27-19)16-8-15(16)13-1-2-14-10-23-4-3-12(14)7-13/h1-7,9-11,15-16H,8H2,(H2,25,26,29,30)/t15-,16+/m1/s1. The molecule has 8 nitrogen and oxygen atoms in total. The molecule has 0 amide bonds. The van der Waals surface area contributed by atoms with Crippen molar-refractivity contribution in [3.8, 4) is 11.3 Å². The molecule has 0 saturated heterocycles. The molecule has 0 aliphatic heterocycles. The molecule has 5 aromatic rings. The molecule has 4 aromatic heterocycles. The second-order valence-corrected chi connectivity index (χ2v) is 7.60. The summed E-state index contributed by atoms with van der Waals surface area (Å²) in [6.45, 7) is 0. The number of aromatic amines is 2. The predicted octanol–water partition coefficient (Wildman–Crippen LogP) is 2.59. The number of aromatic nitrogens is 6. The summed E-state index contributed by atoms with van der Waals surface area (Å²) in [4.78, 5) is 37.1. The Morgan fingerprint density at radius 3 is 2.87 bits per heavy atom. The molecular formula is C22H16N6O2. The van der Waals surface area contributed by atoms with Crippen LogP contribution < -0.4 is 11.2 Å². The first-order valence-electron chi connectivity index (χ1n) is 9.68. The lowest BCUT2D eigenvalue weighted by molar-refractivity contribution is 0.906. The highest BCUT2D eigenvalue weighted by atomic mass is 16.2. The van der Waals surface area contributed by atoms with E-state index in [2.05, 4.69) is 43.2 Å². The summed E-state index contributed by atoms with van der Waals surface area (Å²) < 4.78 is 1.69. The number of pyridine rings is 1. The lowest BCUT2D eigenvalue weighted by atomic mass is 10.0. The quantitative estimate of drug-likeness (QED) is 0.487. The number of imidazole rings is 1. The van der Waals surface area contributed by atoms with Crippen molar-refractivity contribution in [1.82, 2.24) is 29.5 Å². The van der Waals surface area contributed by atoms with E-state index in [1.807, 2.05) is 18.3 Å². The lowest BCUT2D eigenvalue weighted by Gasteiger charge is -2.08. The summed E-state index contributed by atoms with van der Waals surface area (Å²) >= 11 is 0. The zero-order valence-corrected chi connectivity index (χ0v) is 15.7. The molecule has 2 N–H and O–H groups in total. The van der Waals surface area contributed by atoms with Gasteiger partial charge in [0, 0.05) is 41.9 Å². The molecule has 1 saturated carbocycles. The third-order valence-electron chi connectivity index (χ3n) is 5.77. The van der Waals surface area contributed by atoms with Crippen molar-refractivity contribution in [1.29, 1.82) is 0 Å². The number of rotatable bonds is 3. The maximum Gasteiger partial charge on any atom is 0.325 e. The van der Waals surface area contributed by atoms with Crippen LogP contribution >= 0.6 is 0 Å². The first-order chi connectivity index (χ1) is 14.7. The maximum absolute atomic E-state index is 12.3. The van der Waals surface area contributed by atoms with Crippen LogP contribution in [-0.2, 0) is 0 Å². The summed E-state index contributed by atoms with van der Waals surface area (Å²) in [5.74, 6) is 0.671. The van der Waals surface area contributed by atoms with Gasteiger partial charge in [-0.25, -0.2) is 14.3 Å². The second-order valence-electron chi connectivity index (χ2n) is 7.60. The van der Waals surface area contributed by atoms with Gasteiger partial charge < -0.3 is 4.98 Å². The minimum atomic E-state index is -0.540. The van der Waals surface area contributed by atoms with Gasteiger partial charge in [-0.2, -0.15) is 5.10 Å². The molecule has 146 valence electrons. The Hall–Kier alpha value is -4.07. The van der Waals surface area contributed by atoms with Gasteiger partial charge in [0.1, 0.15) is 0 Å². The van der Waals surface area contributed by atoms with Crippen LogP contribution in [0, 0.1) is 0 Å². The minimum absolute atomic E-state index is 0.290. The number of benzene rings is 1. The molecule has 8 heteroatoms. The lowest BCUT2D eigenvalue weighted by Crippen LogP contribution is -2.23. The van der Waals surface area contributed by atoms with Gasteiger partial charge in [-0.1, -0.05) is 18.2 Å². The first kappa shape index (κ1) is 16.8. The molecule has 6 rings (SSSR count). The van der Waals surface area contributed by atoms with Crippen LogP contribution in [0.5, 0.6) is 0 Å². The van der Waals surface area contributed by atoms with E-state index in [-0.39, 0.29) is 5.92 Å². The van der Waals surface area contributed by atoms with Crippen LogP contribution in [0.3, 0.4) is 0 Å². The summed E-state index contributed by atoms with van der Waals surface area (Å²) in [5, 5.41) is 6.81. The molecule has 1 aromatic carbocycles. The van der Waals surface area contributed by atoms with Crippen LogP contribution in [0.25, 0.3) is 27.7 Å². The van der Waals surface area contributed by atoms with Crippen molar-refractivity contribution in [3.05, 3.63) is 93.3 Å². The summed E-state index contributed by atoms with van der Waals surface area (Å²) in [6, 6.07) is 10.4. The normalized spacial score (nSPS) is 18.1. The Labute approximate surface area is 169 Å². The van der Waals surface area contributed by atoms with Gasteiger partial charge in [0.15, 0.2) is 5.65 Å². The minimum Gasteiger partial charge on any atom is -0.313 e. The van der Waals surface area contributed by atoms with Crippen molar-refractivity contribution in [2.45, 2.75) is 18.3 Å². The Balaban J connectivity index is 1.44. The SMILES string of the molecule is O=c1[nH]cc(-c2cc([C@H]3C[C@@H]3c3ccc4cnccc4c3)c3nccn3n2)c(=O)[nH]1. The zero-order valence-electron chi connectivity index (χ0n) is 15.7. The third-order valence-corrected chi connectivity index (χ3v) is 5.77. The first-order valence-corrected chi connectivity index (χ1v) is 9.68. The van der Waals surface area contributed by atoms with Crippen LogP contribution in [0.4, 0.5) is 0 Å². The van der Waals surface area contributed by atoms with E-state index >= 15 is 0 Å². The Kier molecular flexibility index (Phi) is 3.49. The van der Waals surface area contributed by atoms with Crippen LogP contribution in [0.15, 0.2) is 70.9 Å². The van der Waals surface area contributed by atoms with Crippen LogP contribution in [0.2, 0.25) is 0 Å². The number of hydrogen-bond donors (Lipinski definition) is 2. The smallest absolute Gasteiger partial charge is 0.313 e. The fourth-order valence-electron chi connectivity index (χ4n) is 4.19. The van der Waals surface area contributed by atoms with Gasteiger partial charge in [0.05, 0.1) is 11.3 Å². The fraction of sp³-hybridized carbons (Fsp3) is 0.136. The number of H-pyrrole nitrogens is 2. The molecule has 4 heterocycles. The molecule has 0 unspecified atom stereocenters. The summed E-state index contributed by atoms with van der Waals surface area (Å²) in [5.41, 5.74) is 2.94. The highest BCUT2D eigenvalue weighted by molar-refractivity contribution is 5.82. The highest BCUT2D eigenvalue weighted by Gasteiger charge is 2.41.